The van der Waals surface area contributed by atoms with Crippen LogP contribution >= 0.6 is 0 Å². The lowest BCUT2D eigenvalue weighted by Gasteiger charge is -2.27. The van der Waals surface area contributed by atoms with Gasteiger partial charge in [-0.1, -0.05) is 0 Å². The van der Waals surface area contributed by atoms with Crippen LogP contribution in [-0.2, 0) is 0 Å². The highest BCUT2D eigenvalue weighted by Crippen LogP contribution is 2.25. The fraction of sp³-hybridized carbons (Fsp3) is 0.600. The molecule has 1 aromatic carbocycles. The molecule has 1 saturated carbocycles. The zero-order valence-electron chi connectivity index (χ0n) is 11.3. The molecule has 3 nitrogen and oxygen atoms in total. The van der Waals surface area contributed by atoms with Crippen LogP contribution < -0.4 is 10.1 Å². The fourth-order valence-electron chi connectivity index (χ4n) is 2.51. The molecule has 0 atom stereocenters. The Morgan fingerprint density at radius 2 is 2.00 bits per heavy atom. The van der Waals surface area contributed by atoms with Crippen molar-refractivity contribution < 1.29 is 9.84 Å². The lowest BCUT2D eigenvalue weighted by molar-refractivity contribution is 0.126. The fourth-order valence-corrected chi connectivity index (χ4v) is 2.51. The molecule has 0 bridgehead atoms. The number of aliphatic hydroxyl groups excluding tert-OH is 1. The van der Waals surface area contributed by atoms with E-state index in [4.69, 9.17) is 4.74 Å². The summed E-state index contributed by atoms with van der Waals surface area (Å²) < 4.78 is 5.53. The van der Waals surface area contributed by atoms with Gasteiger partial charge >= 0.3 is 0 Å². The summed E-state index contributed by atoms with van der Waals surface area (Å²) in [5.41, 5.74) is 2.31. The van der Waals surface area contributed by atoms with Gasteiger partial charge in [0.25, 0.3) is 0 Å². The van der Waals surface area contributed by atoms with Gasteiger partial charge in [-0.3, -0.25) is 0 Å². The number of rotatable bonds is 4. The van der Waals surface area contributed by atoms with Crippen LogP contribution in [0.5, 0.6) is 5.75 Å². The number of hydrogen-bond donors (Lipinski definition) is 2. The highest BCUT2D eigenvalue weighted by molar-refractivity contribution is 5.51. The SMILES string of the molecule is CCOc1ccc(NC2CCC(O)CC2)cc1C. The van der Waals surface area contributed by atoms with Crippen molar-refractivity contribution in [1.82, 2.24) is 0 Å². The van der Waals surface area contributed by atoms with Crippen LogP contribution in [0.3, 0.4) is 0 Å². The Kier molecular flexibility index (Phi) is 4.48. The molecule has 1 aliphatic carbocycles. The summed E-state index contributed by atoms with van der Waals surface area (Å²) in [5.74, 6) is 0.960. The highest BCUT2D eigenvalue weighted by Gasteiger charge is 2.19. The van der Waals surface area contributed by atoms with Crippen LogP contribution in [0.2, 0.25) is 0 Å². The molecule has 1 aliphatic rings. The maximum atomic E-state index is 9.49. The van der Waals surface area contributed by atoms with Crippen molar-refractivity contribution in [3.05, 3.63) is 23.8 Å². The first-order chi connectivity index (χ1) is 8.69. The van der Waals surface area contributed by atoms with Crippen LogP contribution in [0.1, 0.15) is 38.2 Å². The Labute approximate surface area is 109 Å². The van der Waals surface area contributed by atoms with Crippen molar-refractivity contribution in [2.24, 2.45) is 0 Å². The van der Waals surface area contributed by atoms with Gasteiger partial charge in [0.1, 0.15) is 5.75 Å². The molecule has 0 unspecified atom stereocenters. The number of ether oxygens (including phenoxy) is 1. The van der Waals surface area contributed by atoms with Crippen molar-refractivity contribution in [3.63, 3.8) is 0 Å². The molecule has 2 N–H and O–H groups in total. The van der Waals surface area contributed by atoms with Gasteiger partial charge in [0.05, 0.1) is 12.7 Å². The summed E-state index contributed by atoms with van der Waals surface area (Å²) >= 11 is 0. The first-order valence-electron chi connectivity index (χ1n) is 6.87. The molecule has 2 rings (SSSR count). The number of anilines is 1. The van der Waals surface area contributed by atoms with E-state index in [1.165, 1.54) is 0 Å². The third kappa shape index (κ3) is 3.39. The second-order valence-corrected chi connectivity index (χ2v) is 5.06. The third-order valence-electron chi connectivity index (χ3n) is 3.54. The quantitative estimate of drug-likeness (QED) is 0.861. The summed E-state index contributed by atoms with van der Waals surface area (Å²) in [7, 11) is 0. The summed E-state index contributed by atoms with van der Waals surface area (Å²) in [6, 6.07) is 6.73. The van der Waals surface area contributed by atoms with E-state index in [1.807, 2.05) is 13.0 Å². The standard InChI is InChI=1S/C15H23NO2/c1-3-18-15-9-6-13(10-11(15)2)16-12-4-7-14(17)8-5-12/h6,9-10,12,14,16-17H,3-5,7-8H2,1-2H3. The number of hydrogen-bond acceptors (Lipinski definition) is 3. The third-order valence-corrected chi connectivity index (χ3v) is 3.54. The maximum Gasteiger partial charge on any atom is 0.122 e. The molecule has 1 aromatic rings. The molecule has 100 valence electrons. The minimum atomic E-state index is -0.0925. The van der Waals surface area contributed by atoms with E-state index in [2.05, 4.69) is 24.4 Å². The number of nitrogens with one attached hydrogen (secondary N) is 1. The van der Waals surface area contributed by atoms with Crippen LogP contribution in [0.15, 0.2) is 18.2 Å². The molecular weight excluding hydrogens is 226 g/mol. The van der Waals surface area contributed by atoms with Crippen LogP contribution in [-0.4, -0.2) is 23.9 Å². The Hall–Kier alpha value is -1.22. The minimum absolute atomic E-state index is 0.0925. The largest absolute Gasteiger partial charge is 0.494 e. The summed E-state index contributed by atoms with van der Waals surface area (Å²) in [5, 5.41) is 13.0. The summed E-state index contributed by atoms with van der Waals surface area (Å²) in [6.45, 7) is 4.77. The second-order valence-electron chi connectivity index (χ2n) is 5.06. The van der Waals surface area contributed by atoms with Gasteiger partial charge in [-0.05, 0) is 63.3 Å². The van der Waals surface area contributed by atoms with Crippen molar-refractivity contribution in [2.45, 2.75) is 51.7 Å². The highest BCUT2D eigenvalue weighted by atomic mass is 16.5. The Morgan fingerprint density at radius 1 is 1.28 bits per heavy atom. The van der Waals surface area contributed by atoms with E-state index >= 15 is 0 Å². The summed E-state index contributed by atoms with van der Waals surface area (Å²) in [4.78, 5) is 0. The van der Waals surface area contributed by atoms with Crippen molar-refractivity contribution >= 4 is 5.69 Å². The average molecular weight is 249 g/mol. The maximum absolute atomic E-state index is 9.49. The lowest BCUT2D eigenvalue weighted by atomic mass is 9.93. The Morgan fingerprint density at radius 3 is 2.61 bits per heavy atom. The summed E-state index contributed by atoms with van der Waals surface area (Å²) in [6.07, 6.45) is 3.83. The van der Waals surface area contributed by atoms with Gasteiger partial charge in [0.2, 0.25) is 0 Å². The van der Waals surface area contributed by atoms with E-state index in [0.29, 0.717) is 12.6 Å². The predicted octanol–water partition coefficient (Wildman–Crippen LogP) is 3.11. The number of aryl methyl sites for hydroxylation is 1. The van der Waals surface area contributed by atoms with E-state index < -0.39 is 0 Å². The second kappa shape index (κ2) is 6.10. The van der Waals surface area contributed by atoms with Crippen molar-refractivity contribution in [2.75, 3.05) is 11.9 Å². The van der Waals surface area contributed by atoms with Crippen molar-refractivity contribution in [3.8, 4) is 5.75 Å². The topological polar surface area (TPSA) is 41.5 Å². The Bertz CT molecular complexity index is 384. The van der Waals surface area contributed by atoms with Gasteiger partial charge in [-0.15, -0.1) is 0 Å². The molecule has 0 aliphatic heterocycles. The van der Waals surface area contributed by atoms with Crippen LogP contribution in [0, 0.1) is 6.92 Å². The van der Waals surface area contributed by atoms with Gasteiger partial charge in [0, 0.05) is 11.7 Å². The molecule has 18 heavy (non-hydrogen) atoms. The predicted molar refractivity (Wildman–Crippen MR) is 74.2 cm³/mol. The Balaban J connectivity index is 1.95. The first-order valence-corrected chi connectivity index (χ1v) is 6.87. The normalized spacial score (nSPS) is 23.7. The molecule has 0 amide bonds. The van der Waals surface area contributed by atoms with Crippen LogP contribution in [0.25, 0.3) is 0 Å². The molecule has 0 heterocycles. The zero-order valence-corrected chi connectivity index (χ0v) is 11.3. The lowest BCUT2D eigenvalue weighted by Crippen LogP contribution is -2.28. The smallest absolute Gasteiger partial charge is 0.122 e. The van der Waals surface area contributed by atoms with E-state index in [-0.39, 0.29) is 6.10 Å². The molecule has 0 radical (unpaired) electrons. The molecule has 0 spiro atoms. The number of aliphatic hydroxyl groups is 1. The molecule has 0 saturated heterocycles. The van der Waals surface area contributed by atoms with Crippen molar-refractivity contribution in [1.29, 1.82) is 0 Å². The van der Waals surface area contributed by atoms with Crippen LogP contribution in [0.4, 0.5) is 5.69 Å². The molecule has 3 heteroatoms. The molecular formula is C15H23NO2. The monoisotopic (exact) mass is 249 g/mol. The zero-order chi connectivity index (χ0) is 13.0. The number of benzene rings is 1. The van der Waals surface area contributed by atoms with E-state index in [9.17, 15) is 5.11 Å². The molecule has 0 aromatic heterocycles. The van der Waals surface area contributed by atoms with Gasteiger partial charge in [0.15, 0.2) is 0 Å². The van der Waals surface area contributed by atoms with Gasteiger partial charge in [-0.25, -0.2) is 0 Å². The van der Waals surface area contributed by atoms with E-state index in [0.717, 1.165) is 42.7 Å². The first kappa shape index (κ1) is 13.2. The molecule has 1 fully saturated rings. The van der Waals surface area contributed by atoms with Gasteiger partial charge < -0.3 is 15.2 Å². The average Bonchev–Trinajstić information content (AvgIpc) is 2.36. The van der Waals surface area contributed by atoms with E-state index in [1.54, 1.807) is 0 Å². The minimum Gasteiger partial charge on any atom is -0.494 e. The van der Waals surface area contributed by atoms with Gasteiger partial charge in [-0.2, -0.15) is 0 Å².